The highest BCUT2D eigenvalue weighted by molar-refractivity contribution is 6.01. The zero-order valence-corrected chi connectivity index (χ0v) is 18.7. The molecule has 7 heteroatoms. The summed E-state index contributed by atoms with van der Waals surface area (Å²) in [7, 11) is 0. The van der Waals surface area contributed by atoms with Crippen LogP contribution >= 0.6 is 0 Å². The van der Waals surface area contributed by atoms with Crippen LogP contribution in [0, 0.1) is 0 Å². The smallest absolute Gasteiger partial charge is 0.116 e. The first kappa shape index (κ1) is 20.3. The van der Waals surface area contributed by atoms with Gasteiger partial charge in [-0.1, -0.05) is 19.1 Å². The molecule has 0 amide bonds. The largest absolute Gasteiger partial charge is 0.352 e. The Hall–Kier alpha value is -4.36. The van der Waals surface area contributed by atoms with Crippen LogP contribution in [0.25, 0.3) is 55.4 Å². The summed E-state index contributed by atoms with van der Waals surface area (Å²) >= 11 is 0. The molecule has 3 N–H and O–H groups in total. The maximum atomic E-state index is 4.64. The van der Waals surface area contributed by atoms with Gasteiger partial charge in [0.05, 0.1) is 22.9 Å². The number of H-pyrrole nitrogens is 2. The van der Waals surface area contributed by atoms with E-state index in [1.165, 1.54) is 0 Å². The van der Waals surface area contributed by atoms with Crippen LogP contribution in [0.5, 0.6) is 0 Å². The van der Waals surface area contributed by atoms with Crippen LogP contribution in [0.4, 0.5) is 0 Å². The molecule has 34 heavy (non-hydrogen) atoms. The summed E-state index contributed by atoms with van der Waals surface area (Å²) in [4.78, 5) is 16.6. The molecule has 0 bridgehead atoms. The molecule has 7 nitrogen and oxygen atoms in total. The maximum absolute atomic E-state index is 4.64. The number of benzene rings is 1. The summed E-state index contributed by atoms with van der Waals surface area (Å²) in [6, 6.07) is 14.7. The molecule has 0 fully saturated rings. The molecule has 5 aromatic heterocycles. The molecule has 0 aliphatic carbocycles. The van der Waals surface area contributed by atoms with E-state index < -0.39 is 0 Å². The van der Waals surface area contributed by atoms with Gasteiger partial charge in [0.1, 0.15) is 5.69 Å². The fourth-order valence-electron chi connectivity index (χ4n) is 4.34. The summed E-state index contributed by atoms with van der Waals surface area (Å²) in [6.07, 6.45) is 11.2. The van der Waals surface area contributed by atoms with Crippen LogP contribution in [-0.4, -0.2) is 36.7 Å². The van der Waals surface area contributed by atoms with Crippen LogP contribution in [0.3, 0.4) is 0 Å². The van der Waals surface area contributed by atoms with E-state index in [-0.39, 0.29) is 0 Å². The van der Waals surface area contributed by atoms with E-state index in [2.05, 4.69) is 72.7 Å². The molecule has 0 spiro atoms. The molecular formula is C27H23N7. The van der Waals surface area contributed by atoms with Crippen LogP contribution < -0.4 is 5.32 Å². The van der Waals surface area contributed by atoms with E-state index in [1.807, 2.05) is 43.1 Å². The monoisotopic (exact) mass is 445 g/mol. The van der Waals surface area contributed by atoms with Crippen molar-refractivity contribution in [2.75, 3.05) is 6.54 Å². The van der Waals surface area contributed by atoms with Gasteiger partial charge in [0.2, 0.25) is 0 Å². The lowest BCUT2D eigenvalue weighted by Crippen LogP contribution is -2.11. The van der Waals surface area contributed by atoms with Crippen molar-refractivity contribution in [3.8, 4) is 33.6 Å². The minimum Gasteiger partial charge on any atom is -0.352 e. The summed E-state index contributed by atoms with van der Waals surface area (Å²) in [6.45, 7) is 3.83. The lowest BCUT2D eigenvalue weighted by Gasteiger charge is -2.06. The molecule has 1 aromatic carbocycles. The third kappa shape index (κ3) is 3.62. The van der Waals surface area contributed by atoms with Crippen LogP contribution in [-0.2, 0) is 6.54 Å². The van der Waals surface area contributed by atoms with Crippen molar-refractivity contribution in [1.29, 1.82) is 0 Å². The molecule has 0 unspecified atom stereocenters. The van der Waals surface area contributed by atoms with Crippen molar-refractivity contribution in [3.63, 3.8) is 0 Å². The number of rotatable bonds is 6. The summed E-state index contributed by atoms with van der Waals surface area (Å²) in [5, 5.41) is 13.3. The number of aromatic nitrogens is 6. The molecule has 0 atom stereocenters. The first-order valence-electron chi connectivity index (χ1n) is 11.3. The first-order valence-corrected chi connectivity index (χ1v) is 11.3. The predicted molar refractivity (Wildman–Crippen MR) is 135 cm³/mol. The van der Waals surface area contributed by atoms with Gasteiger partial charge in [-0.05, 0) is 48.0 Å². The molecule has 6 rings (SSSR count). The summed E-state index contributed by atoms with van der Waals surface area (Å²) in [5.74, 6) is 0. The number of hydrogen-bond acceptors (Lipinski definition) is 5. The van der Waals surface area contributed by atoms with Crippen molar-refractivity contribution in [3.05, 3.63) is 85.2 Å². The van der Waals surface area contributed by atoms with Gasteiger partial charge in [0.15, 0.2) is 0 Å². The second kappa shape index (κ2) is 8.53. The summed E-state index contributed by atoms with van der Waals surface area (Å²) in [5.41, 5.74) is 9.20. The van der Waals surface area contributed by atoms with Gasteiger partial charge in [-0.15, -0.1) is 0 Å². The van der Waals surface area contributed by atoms with E-state index in [1.54, 1.807) is 6.20 Å². The Morgan fingerprint density at radius 1 is 0.794 bits per heavy atom. The van der Waals surface area contributed by atoms with Gasteiger partial charge in [0.25, 0.3) is 0 Å². The van der Waals surface area contributed by atoms with E-state index in [0.29, 0.717) is 0 Å². The van der Waals surface area contributed by atoms with Gasteiger partial charge < -0.3 is 10.3 Å². The third-order valence-electron chi connectivity index (χ3n) is 6.04. The van der Waals surface area contributed by atoms with E-state index in [0.717, 1.165) is 74.1 Å². The normalized spacial score (nSPS) is 11.4. The molecule has 0 saturated carbocycles. The Morgan fingerprint density at radius 3 is 2.59 bits per heavy atom. The maximum Gasteiger partial charge on any atom is 0.116 e. The lowest BCUT2D eigenvalue weighted by molar-refractivity contribution is 0.724. The number of nitrogens with one attached hydrogen (secondary N) is 3. The minimum atomic E-state index is 0.804. The third-order valence-corrected chi connectivity index (χ3v) is 6.04. The Balaban J connectivity index is 1.44. The second-order valence-corrected chi connectivity index (χ2v) is 8.27. The zero-order valence-electron chi connectivity index (χ0n) is 18.7. The van der Waals surface area contributed by atoms with E-state index in [9.17, 15) is 0 Å². The van der Waals surface area contributed by atoms with Gasteiger partial charge in [-0.25, -0.2) is 0 Å². The Morgan fingerprint density at radius 2 is 1.71 bits per heavy atom. The fourth-order valence-corrected chi connectivity index (χ4v) is 4.34. The minimum absolute atomic E-state index is 0.804. The number of nitrogens with zero attached hydrogens (tertiary/aromatic N) is 4. The van der Waals surface area contributed by atoms with Crippen LogP contribution in [0.1, 0.15) is 12.5 Å². The molecule has 166 valence electrons. The topological polar surface area (TPSA) is 95.2 Å². The zero-order chi connectivity index (χ0) is 22.9. The van der Waals surface area contributed by atoms with Gasteiger partial charge in [-0.3, -0.25) is 20.1 Å². The van der Waals surface area contributed by atoms with Crippen molar-refractivity contribution >= 4 is 21.8 Å². The van der Waals surface area contributed by atoms with Gasteiger partial charge in [0, 0.05) is 65.0 Å². The van der Waals surface area contributed by atoms with Crippen molar-refractivity contribution in [2.24, 2.45) is 0 Å². The fraction of sp³-hybridized carbons (Fsp3) is 0.111. The molecule has 5 heterocycles. The average Bonchev–Trinajstić information content (AvgIpc) is 3.51. The lowest BCUT2D eigenvalue weighted by atomic mass is 10.0. The number of fused-ring (bicyclic) bond motifs is 2. The predicted octanol–water partition coefficient (Wildman–Crippen LogP) is 5.34. The number of aromatic amines is 2. The average molecular weight is 446 g/mol. The van der Waals surface area contributed by atoms with Gasteiger partial charge in [-0.2, -0.15) is 5.10 Å². The Bertz CT molecular complexity index is 1600. The second-order valence-electron chi connectivity index (χ2n) is 8.27. The van der Waals surface area contributed by atoms with Crippen LogP contribution in [0.2, 0.25) is 0 Å². The molecule has 0 aliphatic rings. The molecular weight excluding hydrogens is 422 g/mol. The van der Waals surface area contributed by atoms with Crippen molar-refractivity contribution in [2.45, 2.75) is 13.5 Å². The molecule has 6 aromatic rings. The summed E-state index contributed by atoms with van der Waals surface area (Å²) < 4.78 is 0. The highest BCUT2D eigenvalue weighted by Gasteiger charge is 2.15. The molecule has 0 aliphatic heterocycles. The first-order chi connectivity index (χ1) is 16.8. The molecule has 0 radical (unpaired) electrons. The van der Waals surface area contributed by atoms with Crippen molar-refractivity contribution < 1.29 is 0 Å². The number of hydrogen-bond donors (Lipinski definition) is 3. The number of pyridine rings is 3. The van der Waals surface area contributed by atoms with Crippen molar-refractivity contribution in [1.82, 2.24) is 35.5 Å². The molecule has 0 saturated heterocycles. The highest BCUT2D eigenvalue weighted by atomic mass is 15.1. The standard InChI is InChI=1S/C27H23N7/c1-2-28-11-17-8-20(14-30-12-17)18-5-6-24-22(9-18)27(34-33-24)25-10-21-23(15-31-16-26(21)32-25)19-4-3-7-29-13-19/h3-10,12-16,28,32H,2,11H2,1H3,(H,33,34). The van der Waals surface area contributed by atoms with Crippen LogP contribution in [0.15, 0.2) is 79.6 Å². The SMILES string of the molecule is CCNCc1cncc(-c2ccc3[nH]nc(-c4cc5c(-c6cccnc6)cncc5[nH]4)c3c2)c1. The van der Waals surface area contributed by atoms with E-state index >= 15 is 0 Å². The quantitative estimate of drug-likeness (QED) is 0.322. The Kier molecular flexibility index (Phi) is 5.08. The highest BCUT2D eigenvalue weighted by Crippen LogP contribution is 2.34. The van der Waals surface area contributed by atoms with Gasteiger partial charge >= 0.3 is 0 Å². The Labute approximate surface area is 196 Å². The van der Waals surface area contributed by atoms with E-state index in [4.69, 9.17) is 0 Å².